The number of nitrogens with zero attached hydrogens (tertiary/aromatic N) is 1. The molecule has 0 amide bonds. The lowest BCUT2D eigenvalue weighted by Crippen LogP contribution is -2.59. The molecule has 0 N–H and O–H groups in total. The molecule has 1 aliphatic rings. The van der Waals surface area contributed by atoms with Crippen LogP contribution in [0.4, 0.5) is 13.2 Å². The van der Waals surface area contributed by atoms with E-state index in [0.717, 1.165) is 6.07 Å². The molecule has 6 heteroatoms. The van der Waals surface area contributed by atoms with Crippen molar-refractivity contribution in [2.45, 2.75) is 44.7 Å². The average molecular weight is 398 g/mol. The SMILES string of the molecule is CC(C)(C)N1CC(O[C@@H](c2ccc(Cl)cc2)c2ccccc2C(F)(F)F)C1. The second kappa shape index (κ2) is 7.46. The fraction of sp³-hybridized carbons (Fsp3) is 0.429. The highest BCUT2D eigenvalue weighted by Gasteiger charge is 2.39. The highest BCUT2D eigenvalue weighted by Crippen LogP contribution is 2.39. The van der Waals surface area contributed by atoms with Gasteiger partial charge in [-0.3, -0.25) is 4.90 Å². The summed E-state index contributed by atoms with van der Waals surface area (Å²) in [4.78, 5) is 2.24. The Bertz CT molecular complexity index is 777. The molecule has 0 saturated carbocycles. The molecule has 2 aromatic carbocycles. The summed E-state index contributed by atoms with van der Waals surface area (Å²) in [5.74, 6) is 0. The number of likely N-dealkylation sites (tertiary alicyclic amines) is 1. The zero-order chi connectivity index (χ0) is 19.8. The van der Waals surface area contributed by atoms with Gasteiger partial charge in [0.1, 0.15) is 6.10 Å². The van der Waals surface area contributed by atoms with Gasteiger partial charge in [0.25, 0.3) is 0 Å². The molecule has 146 valence electrons. The van der Waals surface area contributed by atoms with E-state index in [0.29, 0.717) is 23.7 Å². The van der Waals surface area contributed by atoms with Crippen molar-refractivity contribution in [1.29, 1.82) is 0 Å². The molecule has 2 nitrogen and oxygen atoms in total. The van der Waals surface area contributed by atoms with Crippen molar-refractivity contribution < 1.29 is 17.9 Å². The van der Waals surface area contributed by atoms with Gasteiger partial charge in [-0.05, 0) is 50.1 Å². The van der Waals surface area contributed by atoms with E-state index < -0.39 is 17.8 Å². The number of rotatable bonds is 4. The van der Waals surface area contributed by atoms with Crippen LogP contribution in [0.3, 0.4) is 0 Å². The van der Waals surface area contributed by atoms with Gasteiger partial charge >= 0.3 is 6.18 Å². The number of hydrogen-bond donors (Lipinski definition) is 0. The molecule has 1 saturated heterocycles. The van der Waals surface area contributed by atoms with Crippen molar-refractivity contribution in [3.8, 4) is 0 Å². The number of ether oxygens (including phenoxy) is 1. The number of hydrogen-bond acceptors (Lipinski definition) is 2. The third kappa shape index (κ3) is 4.65. The molecular formula is C21H23ClF3NO. The largest absolute Gasteiger partial charge is 0.416 e. The highest BCUT2D eigenvalue weighted by atomic mass is 35.5. The second-order valence-electron chi connectivity index (χ2n) is 7.85. The molecule has 0 radical (unpaired) electrons. The number of halogens is 4. The van der Waals surface area contributed by atoms with Crippen molar-refractivity contribution in [1.82, 2.24) is 4.90 Å². The molecule has 0 aliphatic carbocycles. The summed E-state index contributed by atoms with van der Waals surface area (Å²) >= 11 is 5.95. The van der Waals surface area contributed by atoms with Crippen molar-refractivity contribution in [2.24, 2.45) is 0 Å². The fourth-order valence-corrected chi connectivity index (χ4v) is 3.34. The summed E-state index contributed by atoms with van der Waals surface area (Å²) in [6.45, 7) is 7.72. The minimum Gasteiger partial charge on any atom is -0.363 e. The van der Waals surface area contributed by atoms with Gasteiger partial charge in [-0.15, -0.1) is 0 Å². The maximum Gasteiger partial charge on any atom is 0.416 e. The van der Waals surface area contributed by atoms with Crippen LogP contribution in [0, 0.1) is 0 Å². The van der Waals surface area contributed by atoms with Crippen LogP contribution in [0.25, 0.3) is 0 Å². The normalized spacial score (nSPS) is 17.6. The molecule has 0 aromatic heterocycles. The molecule has 0 unspecified atom stereocenters. The van der Waals surface area contributed by atoms with Crippen molar-refractivity contribution in [2.75, 3.05) is 13.1 Å². The van der Waals surface area contributed by atoms with Gasteiger partial charge in [-0.25, -0.2) is 0 Å². The topological polar surface area (TPSA) is 12.5 Å². The van der Waals surface area contributed by atoms with Gasteiger partial charge in [0, 0.05) is 23.7 Å². The lowest BCUT2D eigenvalue weighted by Gasteiger charge is -2.48. The summed E-state index contributed by atoms with van der Waals surface area (Å²) in [5.41, 5.74) is 0.128. The van der Waals surface area contributed by atoms with Crippen LogP contribution in [0.5, 0.6) is 0 Å². The summed E-state index contributed by atoms with van der Waals surface area (Å²) in [5, 5.41) is 0.532. The first-order valence-electron chi connectivity index (χ1n) is 8.88. The Morgan fingerprint density at radius 3 is 2.15 bits per heavy atom. The van der Waals surface area contributed by atoms with Gasteiger partial charge < -0.3 is 4.74 Å². The van der Waals surface area contributed by atoms with E-state index in [9.17, 15) is 13.2 Å². The van der Waals surface area contributed by atoms with Gasteiger partial charge in [0.15, 0.2) is 0 Å². The number of alkyl halides is 3. The van der Waals surface area contributed by atoms with Gasteiger partial charge in [0.2, 0.25) is 0 Å². The second-order valence-corrected chi connectivity index (χ2v) is 8.29. The van der Waals surface area contributed by atoms with Crippen LogP contribution in [0.15, 0.2) is 48.5 Å². The highest BCUT2D eigenvalue weighted by molar-refractivity contribution is 6.30. The van der Waals surface area contributed by atoms with E-state index in [-0.39, 0.29) is 17.2 Å². The first kappa shape index (κ1) is 20.2. The summed E-state index contributed by atoms with van der Waals surface area (Å²) in [7, 11) is 0. The molecule has 0 bridgehead atoms. The summed E-state index contributed by atoms with van der Waals surface area (Å²) in [6, 6.07) is 12.4. The minimum absolute atomic E-state index is 0.0134. The molecule has 2 aromatic rings. The third-order valence-electron chi connectivity index (χ3n) is 4.85. The molecule has 1 heterocycles. The van der Waals surface area contributed by atoms with Crippen molar-refractivity contribution in [3.05, 3.63) is 70.2 Å². The fourth-order valence-electron chi connectivity index (χ4n) is 3.22. The first-order chi connectivity index (χ1) is 12.6. The standard InChI is InChI=1S/C21H23ClF3NO/c1-20(2,3)26-12-16(13-26)27-19(14-8-10-15(22)11-9-14)17-6-4-5-7-18(17)21(23,24)25/h4-11,16,19H,12-13H2,1-3H3/t19-/m0/s1. The van der Waals surface area contributed by atoms with Crippen LogP contribution >= 0.6 is 11.6 Å². The Balaban J connectivity index is 1.92. The molecule has 1 atom stereocenters. The Labute approximate surface area is 162 Å². The third-order valence-corrected chi connectivity index (χ3v) is 5.10. The van der Waals surface area contributed by atoms with Crippen LogP contribution in [-0.4, -0.2) is 29.6 Å². The van der Waals surface area contributed by atoms with Crippen molar-refractivity contribution in [3.63, 3.8) is 0 Å². The minimum atomic E-state index is -4.44. The quantitative estimate of drug-likeness (QED) is 0.632. The summed E-state index contributed by atoms with van der Waals surface area (Å²) < 4.78 is 46.8. The lowest BCUT2D eigenvalue weighted by atomic mass is 9.95. The predicted octanol–water partition coefficient (Wildman–Crippen LogP) is 5.95. The van der Waals surface area contributed by atoms with E-state index >= 15 is 0 Å². The van der Waals surface area contributed by atoms with E-state index in [1.807, 2.05) is 0 Å². The van der Waals surface area contributed by atoms with Crippen LogP contribution in [-0.2, 0) is 10.9 Å². The molecule has 3 rings (SSSR count). The zero-order valence-corrected chi connectivity index (χ0v) is 16.3. The number of benzene rings is 2. The van der Waals surface area contributed by atoms with Gasteiger partial charge in [-0.1, -0.05) is 41.9 Å². The maximum atomic E-state index is 13.6. The average Bonchev–Trinajstić information content (AvgIpc) is 2.53. The molecule has 0 spiro atoms. The smallest absolute Gasteiger partial charge is 0.363 e. The lowest BCUT2D eigenvalue weighted by molar-refractivity contribution is -0.142. The molecule has 1 fully saturated rings. The maximum absolute atomic E-state index is 13.6. The Morgan fingerprint density at radius 1 is 1.00 bits per heavy atom. The van der Waals surface area contributed by atoms with Gasteiger partial charge in [-0.2, -0.15) is 13.2 Å². The van der Waals surface area contributed by atoms with Crippen LogP contribution < -0.4 is 0 Å². The predicted molar refractivity (Wildman–Crippen MR) is 101 cm³/mol. The Morgan fingerprint density at radius 2 is 1.59 bits per heavy atom. The van der Waals surface area contributed by atoms with E-state index in [1.165, 1.54) is 12.1 Å². The van der Waals surface area contributed by atoms with E-state index in [1.54, 1.807) is 30.3 Å². The Hall–Kier alpha value is -1.56. The molecule has 27 heavy (non-hydrogen) atoms. The Kier molecular flexibility index (Phi) is 5.57. The molecule has 1 aliphatic heterocycles. The van der Waals surface area contributed by atoms with Crippen LogP contribution in [0.1, 0.15) is 43.6 Å². The zero-order valence-electron chi connectivity index (χ0n) is 15.6. The van der Waals surface area contributed by atoms with E-state index in [2.05, 4.69) is 25.7 Å². The summed E-state index contributed by atoms with van der Waals surface area (Å²) in [6.07, 6.45) is -5.36. The molecular weight excluding hydrogens is 375 g/mol. The monoisotopic (exact) mass is 397 g/mol. The first-order valence-corrected chi connectivity index (χ1v) is 9.25. The van der Waals surface area contributed by atoms with Gasteiger partial charge in [0.05, 0.1) is 11.7 Å². The van der Waals surface area contributed by atoms with Crippen molar-refractivity contribution >= 4 is 11.6 Å². The van der Waals surface area contributed by atoms with Crippen LogP contribution in [0.2, 0.25) is 5.02 Å². The van der Waals surface area contributed by atoms with E-state index in [4.69, 9.17) is 16.3 Å².